The lowest BCUT2D eigenvalue weighted by Gasteiger charge is -2.41. The molecule has 0 radical (unpaired) electrons. The first-order valence-electron chi connectivity index (χ1n) is 15.6. The fourth-order valence-corrected chi connectivity index (χ4v) is 9.53. The lowest BCUT2D eigenvalue weighted by Crippen LogP contribution is -2.53. The Morgan fingerprint density at radius 3 is 2.31 bits per heavy atom. The number of hydrogen-bond acceptors (Lipinski definition) is 5. The lowest BCUT2D eigenvalue weighted by atomic mass is 9.95. The van der Waals surface area contributed by atoms with Crippen LogP contribution in [0.25, 0.3) is 0 Å². The number of amides is 2. The lowest BCUT2D eigenvalue weighted by molar-refractivity contribution is -0.138. The first-order chi connectivity index (χ1) is 21.7. The minimum Gasteiger partial charge on any atom is -0.340 e. The van der Waals surface area contributed by atoms with Crippen LogP contribution in [-0.2, 0) is 26.0 Å². The van der Waals surface area contributed by atoms with E-state index in [9.17, 15) is 18.0 Å². The third-order valence-corrected chi connectivity index (χ3v) is 11.8. The van der Waals surface area contributed by atoms with Crippen molar-refractivity contribution >= 4 is 55.1 Å². The maximum Gasteiger partial charge on any atom is 0.245 e. The normalized spacial score (nSPS) is 20.2. The molecule has 0 bridgehead atoms. The molecule has 238 valence electrons. The van der Waals surface area contributed by atoms with Gasteiger partial charge in [-0.1, -0.05) is 76.9 Å². The molecule has 0 N–H and O–H groups in total. The van der Waals surface area contributed by atoms with Gasteiger partial charge >= 0.3 is 0 Å². The fraction of sp³-hybridized carbons (Fsp3) is 0.412. The summed E-state index contributed by atoms with van der Waals surface area (Å²) in [5.74, 6) is -0.488. The van der Waals surface area contributed by atoms with Crippen LogP contribution >= 0.6 is 27.5 Å². The van der Waals surface area contributed by atoms with Crippen molar-refractivity contribution < 1.29 is 18.0 Å². The molecule has 0 aliphatic carbocycles. The number of sulfonamides is 1. The smallest absolute Gasteiger partial charge is 0.245 e. The van der Waals surface area contributed by atoms with Gasteiger partial charge in [-0.15, -0.1) is 0 Å². The minimum atomic E-state index is -3.94. The summed E-state index contributed by atoms with van der Waals surface area (Å²) in [6.07, 6.45) is 2.17. The number of carbonyl (C=O) groups is 2. The van der Waals surface area contributed by atoms with E-state index in [-0.39, 0.29) is 29.3 Å². The summed E-state index contributed by atoms with van der Waals surface area (Å²) >= 11 is 9.67. The maximum atomic E-state index is 14.1. The molecule has 0 spiro atoms. The average Bonchev–Trinajstić information content (AvgIpc) is 3.49. The molecule has 3 aromatic rings. The minimum absolute atomic E-state index is 0.0135. The molecule has 3 heterocycles. The molecule has 8 nitrogen and oxygen atoms in total. The Bertz CT molecular complexity index is 1660. The number of carbonyl (C=O) groups excluding carboxylic acids is 2. The predicted octanol–water partition coefficient (Wildman–Crippen LogP) is 5.74. The Morgan fingerprint density at radius 1 is 0.933 bits per heavy atom. The van der Waals surface area contributed by atoms with Gasteiger partial charge in [0.25, 0.3) is 0 Å². The van der Waals surface area contributed by atoms with E-state index in [1.54, 1.807) is 17.9 Å². The van der Waals surface area contributed by atoms with Crippen LogP contribution in [-0.4, -0.2) is 80.2 Å². The number of hydrogen-bond donors (Lipinski definition) is 0. The van der Waals surface area contributed by atoms with Gasteiger partial charge < -0.3 is 9.80 Å². The van der Waals surface area contributed by atoms with E-state index in [1.807, 2.05) is 41.3 Å². The van der Waals surface area contributed by atoms with Gasteiger partial charge in [0.05, 0.1) is 17.6 Å². The highest BCUT2D eigenvalue weighted by molar-refractivity contribution is 9.10. The molecule has 6 rings (SSSR count). The third kappa shape index (κ3) is 6.58. The number of anilines is 1. The number of halogens is 2. The van der Waals surface area contributed by atoms with Crippen LogP contribution in [0.2, 0.25) is 5.02 Å². The molecule has 2 fully saturated rings. The number of nitrogens with zero attached hydrogens (tertiary/aromatic N) is 4. The highest BCUT2D eigenvalue weighted by Crippen LogP contribution is 2.40. The monoisotopic (exact) mass is 712 g/mol. The topological polar surface area (TPSA) is 81.2 Å². The Morgan fingerprint density at radius 2 is 1.62 bits per heavy atom. The van der Waals surface area contributed by atoms with Crippen molar-refractivity contribution in [1.82, 2.24) is 14.1 Å². The highest BCUT2D eigenvalue weighted by atomic mass is 79.9. The van der Waals surface area contributed by atoms with Crippen molar-refractivity contribution in [1.29, 1.82) is 0 Å². The first-order valence-corrected chi connectivity index (χ1v) is 18.2. The van der Waals surface area contributed by atoms with Crippen LogP contribution in [0.4, 0.5) is 5.69 Å². The van der Waals surface area contributed by atoms with E-state index in [4.69, 9.17) is 11.6 Å². The second-order valence-electron chi connectivity index (χ2n) is 12.0. The second kappa shape index (κ2) is 13.5. The summed E-state index contributed by atoms with van der Waals surface area (Å²) in [5, 5.41) is 0.695. The fourth-order valence-electron chi connectivity index (χ4n) is 6.96. The molecule has 2 atom stereocenters. The van der Waals surface area contributed by atoms with Crippen LogP contribution in [0, 0.1) is 5.92 Å². The average molecular weight is 714 g/mol. The van der Waals surface area contributed by atoms with Gasteiger partial charge in [-0.3, -0.25) is 14.5 Å². The molecule has 0 aromatic heterocycles. The molecular weight excluding hydrogens is 676 g/mol. The van der Waals surface area contributed by atoms with E-state index in [2.05, 4.69) is 45.1 Å². The number of benzene rings is 3. The van der Waals surface area contributed by atoms with Gasteiger partial charge in [0.15, 0.2) is 0 Å². The zero-order valence-corrected chi connectivity index (χ0v) is 28.5. The number of piperazine rings is 1. The Kier molecular flexibility index (Phi) is 9.68. The molecule has 0 unspecified atom stereocenters. The predicted molar refractivity (Wildman–Crippen MR) is 180 cm³/mol. The molecule has 3 aliphatic heterocycles. The molecular formula is C34H38BrClN4O4S. The van der Waals surface area contributed by atoms with Crippen LogP contribution in [0.3, 0.4) is 0 Å². The molecule has 3 aromatic carbocycles. The highest BCUT2D eigenvalue weighted by Gasteiger charge is 2.40. The van der Waals surface area contributed by atoms with Crippen molar-refractivity contribution in [2.45, 2.75) is 43.5 Å². The summed E-state index contributed by atoms with van der Waals surface area (Å²) in [7, 11) is -3.94. The first kappa shape index (κ1) is 32.2. The summed E-state index contributed by atoms with van der Waals surface area (Å²) in [6, 6.07) is 21.9. The Labute approximate surface area is 279 Å². The quantitative estimate of drug-likeness (QED) is 0.312. The van der Waals surface area contributed by atoms with Gasteiger partial charge in [-0.25, -0.2) is 8.42 Å². The summed E-state index contributed by atoms with van der Waals surface area (Å²) in [6.45, 7) is 5.30. The summed E-state index contributed by atoms with van der Waals surface area (Å²) < 4.78 is 30.4. The zero-order chi connectivity index (χ0) is 31.7. The van der Waals surface area contributed by atoms with Gasteiger partial charge in [-0.05, 0) is 60.2 Å². The van der Waals surface area contributed by atoms with E-state index in [0.29, 0.717) is 80.1 Å². The standard InChI is InChI=1S/C34H38BrClN4O4S/c1-2-31(41)40-16-14-26-21-28(35)22-30(33(26)40)45(43,44)39-15-6-9-27(23-39)34(42)38-19-17-37(18-20-38)32(24-7-4-3-5-8-24)25-10-12-29(36)13-11-25/h3-5,7-8,10-13,21-22,27,32H,2,6,9,14-20,23H2,1H3/t27-,32-/m1/s1. The molecule has 45 heavy (non-hydrogen) atoms. The zero-order valence-electron chi connectivity index (χ0n) is 25.4. The van der Waals surface area contributed by atoms with Crippen molar-refractivity contribution in [2.75, 3.05) is 50.7 Å². The van der Waals surface area contributed by atoms with Crippen LogP contribution in [0.15, 0.2) is 76.1 Å². The molecule has 2 saturated heterocycles. The molecule has 3 aliphatic rings. The Balaban J connectivity index is 1.16. The van der Waals surface area contributed by atoms with Crippen molar-refractivity contribution in [2.24, 2.45) is 5.92 Å². The largest absolute Gasteiger partial charge is 0.340 e. The molecule has 2 amide bonds. The Hall–Kier alpha value is -2.76. The van der Waals surface area contributed by atoms with Gasteiger partial charge in [0, 0.05) is 61.7 Å². The maximum absolute atomic E-state index is 14.1. The van der Waals surface area contributed by atoms with E-state index >= 15 is 0 Å². The molecule has 0 saturated carbocycles. The number of fused-ring (bicyclic) bond motifs is 1. The van der Waals surface area contributed by atoms with E-state index in [0.717, 1.165) is 11.1 Å². The second-order valence-corrected chi connectivity index (χ2v) is 15.2. The summed E-state index contributed by atoms with van der Waals surface area (Å²) in [4.78, 5) is 32.6. The SMILES string of the molecule is CCC(=O)N1CCc2cc(Br)cc(S(=O)(=O)N3CCC[C@@H](C(=O)N4CCN([C@H](c5ccccc5)c5ccc(Cl)cc5)CC4)C3)c21. The van der Waals surface area contributed by atoms with E-state index < -0.39 is 15.9 Å². The number of piperidine rings is 1. The van der Waals surface area contributed by atoms with Crippen molar-refractivity contribution in [3.05, 3.63) is 92.9 Å². The van der Waals surface area contributed by atoms with Gasteiger partial charge in [0.1, 0.15) is 4.90 Å². The molecule has 11 heteroatoms. The van der Waals surface area contributed by atoms with Gasteiger partial charge in [0.2, 0.25) is 21.8 Å². The van der Waals surface area contributed by atoms with E-state index in [1.165, 1.54) is 9.87 Å². The summed E-state index contributed by atoms with van der Waals surface area (Å²) in [5.41, 5.74) is 3.67. The van der Waals surface area contributed by atoms with Crippen molar-refractivity contribution in [3.63, 3.8) is 0 Å². The number of rotatable bonds is 7. The van der Waals surface area contributed by atoms with Crippen molar-refractivity contribution in [3.8, 4) is 0 Å². The third-order valence-electron chi connectivity index (χ3n) is 9.24. The van der Waals surface area contributed by atoms with Gasteiger partial charge in [-0.2, -0.15) is 4.31 Å². The van der Waals surface area contributed by atoms with Crippen LogP contribution in [0.1, 0.15) is 48.9 Å². The van der Waals surface area contributed by atoms with Crippen LogP contribution < -0.4 is 4.90 Å². The van der Waals surface area contributed by atoms with Crippen LogP contribution in [0.5, 0.6) is 0 Å².